The molecule has 1 saturated carbocycles. The lowest BCUT2D eigenvalue weighted by Crippen LogP contribution is -2.41. The summed E-state index contributed by atoms with van der Waals surface area (Å²) in [5.41, 5.74) is 0.794. The second kappa shape index (κ2) is 11.9. The summed E-state index contributed by atoms with van der Waals surface area (Å²) < 4.78 is 78.9. The van der Waals surface area contributed by atoms with Crippen molar-refractivity contribution in [3.05, 3.63) is 41.1 Å². The standard InChI is InChI=1S/C29H42F3N3O3S/c1-21-27(39(36,37)33-10-11-34-12-14-38-15-13-34)19-26(35(21)20-22-8-6-5-7-9-22)23-16-24(28(2,3)4)18-25(17-23)29(30,31)32/h16-19,22,33H,5-15,20H2,1-4H3. The number of hydrogen-bond acceptors (Lipinski definition) is 4. The quantitative estimate of drug-likeness (QED) is 0.426. The topological polar surface area (TPSA) is 63.6 Å². The third-order valence-corrected chi connectivity index (χ3v) is 9.60. The lowest BCUT2D eigenvalue weighted by atomic mass is 9.84. The number of nitrogens with one attached hydrogen (secondary N) is 1. The molecule has 1 aliphatic carbocycles. The third kappa shape index (κ3) is 7.45. The van der Waals surface area contributed by atoms with Crippen molar-refractivity contribution >= 4 is 10.0 Å². The van der Waals surface area contributed by atoms with Crippen LogP contribution < -0.4 is 4.72 Å². The van der Waals surface area contributed by atoms with Crippen molar-refractivity contribution in [3.8, 4) is 11.3 Å². The summed E-state index contributed by atoms with van der Waals surface area (Å²) in [4.78, 5) is 2.28. The molecule has 0 unspecified atom stereocenters. The molecule has 0 atom stereocenters. The van der Waals surface area contributed by atoms with Gasteiger partial charge in [0, 0.05) is 44.1 Å². The van der Waals surface area contributed by atoms with Crippen molar-refractivity contribution in [1.82, 2.24) is 14.2 Å². The smallest absolute Gasteiger partial charge is 0.379 e. The van der Waals surface area contributed by atoms with E-state index in [1.54, 1.807) is 19.1 Å². The maximum absolute atomic E-state index is 14.0. The number of morpholine rings is 1. The van der Waals surface area contributed by atoms with Crippen LogP contribution in [-0.2, 0) is 32.9 Å². The van der Waals surface area contributed by atoms with Gasteiger partial charge in [0.05, 0.1) is 18.8 Å². The average Bonchev–Trinajstić information content (AvgIpc) is 3.20. The Kier molecular flexibility index (Phi) is 9.20. The van der Waals surface area contributed by atoms with Crippen molar-refractivity contribution in [2.24, 2.45) is 5.92 Å². The van der Waals surface area contributed by atoms with Crippen LogP contribution >= 0.6 is 0 Å². The first-order chi connectivity index (χ1) is 18.3. The van der Waals surface area contributed by atoms with E-state index in [2.05, 4.69) is 9.62 Å². The molecule has 1 aromatic carbocycles. The van der Waals surface area contributed by atoms with Crippen LogP contribution in [0.15, 0.2) is 29.2 Å². The molecule has 2 fully saturated rings. The third-order valence-electron chi connectivity index (χ3n) is 8.02. The first kappa shape index (κ1) is 30.1. The van der Waals surface area contributed by atoms with Crippen LogP contribution in [0.3, 0.4) is 0 Å². The van der Waals surface area contributed by atoms with Crippen LogP contribution in [0.4, 0.5) is 13.2 Å². The number of ether oxygens (including phenoxy) is 1. The minimum Gasteiger partial charge on any atom is -0.379 e. The van der Waals surface area contributed by atoms with Gasteiger partial charge in [0.1, 0.15) is 4.90 Å². The minimum atomic E-state index is -4.51. The van der Waals surface area contributed by atoms with Crippen molar-refractivity contribution in [2.75, 3.05) is 39.4 Å². The fourth-order valence-electron chi connectivity index (χ4n) is 5.61. The lowest BCUT2D eigenvalue weighted by Gasteiger charge is -2.26. The summed E-state index contributed by atoms with van der Waals surface area (Å²) in [6, 6.07) is 5.71. The van der Waals surface area contributed by atoms with Gasteiger partial charge < -0.3 is 9.30 Å². The molecular weight excluding hydrogens is 527 g/mol. The summed E-state index contributed by atoms with van der Waals surface area (Å²) in [7, 11) is -3.87. The lowest BCUT2D eigenvalue weighted by molar-refractivity contribution is -0.137. The fraction of sp³-hybridized carbons (Fsp3) is 0.655. The number of rotatable bonds is 8. The number of sulfonamides is 1. The molecule has 1 aromatic heterocycles. The van der Waals surface area contributed by atoms with Crippen molar-refractivity contribution in [3.63, 3.8) is 0 Å². The Morgan fingerprint density at radius 1 is 0.974 bits per heavy atom. The Bertz CT molecular complexity index is 1200. The predicted octanol–water partition coefficient (Wildman–Crippen LogP) is 5.97. The van der Waals surface area contributed by atoms with E-state index in [9.17, 15) is 21.6 Å². The molecule has 4 rings (SSSR count). The van der Waals surface area contributed by atoms with Crippen LogP contribution in [-0.4, -0.2) is 57.3 Å². The summed E-state index contributed by atoms with van der Waals surface area (Å²) in [5.74, 6) is 0.362. The molecule has 2 aromatic rings. The zero-order valence-electron chi connectivity index (χ0n) is 23.5. The zero-order chi connectivity index (χ0) is 28.4. The molecule has 218 valence electrons. The van der Waals surface area contributed by atoms with Crippen LogP contribution in [0.1, 0.15) is 69.7 Å². The number of nitrogens with zero attached hydrogens (tertiary/aromatic N) is 2. The van der Waals surface area contributed by atoms with E-state index in [1.807, 2.05) is 25.3 Å². The molecule has 0 amide bonds. The van der Waals surface area contributed by atoms with Gasteiger partial charge in [-0.3, -0.25) is 4.90 Å². The van der Waals surface area contributed by atoms with Crippen molar-refractivity contribution < 1.29 is 26.3 Å². The number of halogens is 3. The van der Waals surface area contributed by atoms with Gasteiger partial charge in [-0.05, 0) is 66.5 Å². The normalized spacial score (nSPS) is 18.5. The van der Waals surface area contributed by atoms with Gasteiger partial charge in [-0.25, -0.2) is 13.1 Å². The van der Waals surface area contributed by atoms with Gasteiger partial charge in [0.2, 0.25) is 10.0 Å². The molecule has 2 aliphatic rings. The van der Waals surface area contributed by atoms with Crippen LogP contribution in [0, 0.1) is 12.8 Å². The van der Waals surface area contributed by atoms with Gasteiger partial charge in [-0.2, -0.15) is 13.2 Å². The van der Waals surface area contributed by atoms with Gasteiger partial charge in [-0.1, -0.05) is 40.0 Å². The highest BCUT2D eigenvalue weighted by atomic mass is 32.2. The maximum atomic E-state index is 14.0. The largest absolute Gasteiger partial charge is 0.416 e. The molecule has 1 saturated heterocycles. The van der Waals surface area contributed by atoms with E-state index in [1.165, 1.54) is 12.5 Å². The maximum Gasteiger partial charge on any atom is 0.416 e. The molecule has 1 aliphatic heterocycles. The summed E-state index contributed by atoms with van der Waals surface area (Å²) in [5, 5.41) is 0. The molecule has 0 bridgehead atoms. The number of hydrogen-bond donors (Lipinski definition) is 1. The predicted molar refractivity (Wildman–Crippen MR) is 147 cm³/mol. The average molecular weight is 570 g/mol. The fourth-order valence-corrected chi connectivity index (χ4v) is 6.89. The summed E-state index contributed by atoms with van der Waals surface area (Å²) in [6.45, 7) is 11.6. The van der Waals surface area contributed by atoms with Gasteiger partial charge >= 0.3 is 6.18 Å². The Hall–Kier alpha value is -1.88. The summed E-state index contributed by atoms with van der Waals surface area (Å²) in [6.07, 6.45) is 0.975. The molecule has 0 spiro atoms. The Morgan fingerprint density at radius 2 is 1.62 bits per heavy atom. The number of aromatic nitrogens is 1. The van der Waals surface area contributed by atoms with Crippen LogP contribution in [0.5, 0.6) is 0 Å². The number of alkyl halides is 3. The summed E-state index contributed by atoms with van der Waals surface area (Å²) >= 11 is 0. The highest BCUT2D eigenvalue weighted by Crippen LogP contribution is 2.39. The van der Waals surface area contributed by atoms with E-state index in [0.717, 1.165) is 44.8 Å². The zero-order valence-corrected chi connectivity index (χ0v) is 24.3. The van der Waals surface area contributed by atoms with E-state index in [4.69, 9.17) is 4.74 Å². The molecular formula is C29H42F3N3O3S. The Labute approximate surface area is 231 Å². The SMILES string of the molecule is Cc1c(S(=O)(=O)NCCN2CCOCC2)cc(-c2cc(C(C)(C)C)cc(C(F)(F)F)c2)n1CC1CCCCC1. The second-order valence-corrected chi connectivity index (χ2v) is 13.7. The molecule has 39 heavy (non-hydrogen) atoms. The van der Waals surface area contributed by atoms with E-state index < -0.39 is 27.2 Å². The van der Waals surface area contributed by atoms with E-state index in [-0.39, 0.29) is 11.4 Å². The van der Waals surface area contributed by atoms with Gasteiger partial charge in [-0.15, -0.1) is 0 Å². The molecule has 6 nitrogen and oxygen atoms in total. The molecule has 2 heterocycles. The van der Waals surface area contributed by atoms with Crippen molar-refractivity contribution in [2.45, 2.75) is 82.8 Å². The highest BCUT2D eigenvalue weighted by molar-refractivity contribution is 7.89. The number of benzene rings is 1. The monoisotopic (exact) mass is 569 g/mol. The minimum absolute atomic E-state index is 0.130. The molecule has 0 radical (unpaired) electrons. The Morgan fingerprint density at radius 3 is 2.23 bits per heavy atom. The highest BCUT2D eigenvalue weighted by Gasteiger charge is 2.34. The van der Waals surface area contributed by atoms with Gasteiger partial charge in [0.25, 0.3) is 0 Å². The van der Waals surface area contributed by atoms with Crippen LogP contribution in [0.2, 0.25) is 0 Å². The van der Waals surface area contributed by atoms with Crippen LogP contribution in [0.25, 0.3) is 11.3 Å². The van der Waals surface area contributed by atoms with Crippen molar-refractivity contribution in [1.29, 1.82) is 0 Å². The molecule has 10 heteroatoms. The van der Waals surface area contributed by atoms with E-state index in [0.29, 0.717) is 54.7 Å². The Balaban J connectivity index is 1.74. The van der Waals surface area contributed by atoms with E-state index >= 15 is 0 Å². The van der Waals surface area contributed by atoms with Gasteiger partial charge in [0.15, 0.2) is 0 Å². The molecule has 1 N–H and O–H groups in total. The first-order valence-electron chi connectivity index (χ1n) is 14.0. The second-order valence-electron chi connectivity index (χ2n) is 12.0. The first-order valence-corrected chi connectivity index (χ1v) is 15.5.